The molecular formula is C8H12N5O3. The van der Waals surface area contributed by atoms with E-state index < -0.39 is 11.1 Å². The Morgan fingerprint density at radius 1 is 1.50 bits per heavy atom. The summed E-state index contributed by atoms with van der Waals surface area (Å²) >= 11 is 0. The van der Waals surface area contributed by atoms with Crippen molar-refractivity contribution in [3.63, 3.8) is 0 Å². The Morgan fingerprint density at radius 3 is 2.94 bits per heavy atom. The van der Waals surface area contributed by atoms with Gasteiger partial charge in [-0.1, -0.05) is 0 Å². The monoisotopic (exact) mass is 226 g/mol. The smallest absolute Gasteiger partial charge is 0.330 e. The van der Waals surface area contributed by atoms with E-state index in [4.69, 9.17) is 0 Å². The molecule has 0 saturated carbocycles. The van der Waals surface area contributed by atoms with E-state index in [-0.39, 0.29) is 19.1 Å². The van der Waals surface area contributed by atoms with Crippen LogP contribution >= 0.6 is 0 Å². The van der Waals surface area contributed by atoms with Gasteiger partial charge in [0.05, 0.1) is 0 Å². The summed E-state index contributed by atoms with van der Waals surface area (Å²) in [5, 5.41) is 10.4. The SMILES string of the molecule is CCNC(=O)NCCn1[c]n[nH]c(=O)c1=O. The number of amides is 2. The first-order valence-electron chi connectivity index (χ1n) is 4.74. The number of urea groups is 1. The number of rotatable bonds is 4. The normalized spacial score (nSPS) is 9.81. The molecule has 0 fully saturated rings. The van der Waals surface area contributed by atoms with Crippen molar-refractivity contribution in [1.29, 1.82) is 0 Å². The lowest BCUT2D eigenvalue weighted by atomic mass is 10.6. The number of hydrogen-bond acceptors (Lipinski definition) is 4. The van der Waals surface area contributed by atoms with E-state index in [2.05, 4.69) is 22.1 Å². The Kier molecular flexibility index (Phi) is 4.25. The summed E-state index contributed by atoms with van der Waals surface area (Å²) in [7, 11) is 0. The number of hydrogen-bond donors (Lipinski definition) is 3. The van der Waals surface area contributed by atoms with Crippen LogP contribution in [-0.2, 0) is 6.54 Å². The van der Waals surface area contributed by atoms with Crippen LogP contribution in [0.4, 0.5) is 4.79 Å². The van der Waals surface area contributed by atoms with Crippen LogP contribution in [0.15, 0.2) is 9.59 Å². The van der Waals surface area contributed by atoms with Gasteiger partial charge in [0.1, 0.15) is 0 Å². The third-order valence-electron chi connectivity index (χ3n) is 1.73. The van der Waals surface area contributed by atoms with Gasteiger partial charge in [0.25, 0.3) is 0 Å². The molecule has 3 N–H and O–H groups in total. The van der Waals surface area contributed by atoms with E-state index in [1.807, 2.05) is 5.10 Å². The van der Waals surface area contributed by atoms with Gasteiger partial charge in [0, 0.05) is 19.6 Å². The summed E-state index contributed by atoms with van der Waals surface area (Å²) < 4.78 is 1.01. The van der Waals surface area contributed by atoms with Crippen LogP contribution in [0.5, 0.6) is 0 Å². The number of nitrogens with zero attached hydrogens (tertiary/aromatic N) is 2. The molecule has 87 valence electrons. The molecule has 1 aromatic rings. The van der Waals surface area contributed by atoms with Gasteiger partial charge in [0.2, 0.25) is 6.33 Å². The van der Waals surface area contributed by atoms with Gasteiger partial charge in [-0.15, -0.1) is 0 Å². The lowest BCUT2D eigenvalue weighted by Gasteiger charge is -2.06. The molecular weight excluding hydrogens is 214 g/mol. The molecule has 0 aromatic carbocycles. The molecule has 0 aliphatic rings. The summed E-state index contributed by atoms with van der Waals surface area (Å²) in [6.07, 6.45) is 2.31. The average molecular weight is 226 g/mol. The van der Waals surface area contributed by atoms with Crippen molar-refractivity contribution >= 4 is 6.03 Å². The molecule has 0 unspecified atom stereocenters. The first-order chi connectivity index (χ1) is 7.65. The fourth-order valence-electron chi connectivity index (χ4n) is 1.01. The maximum atomic E-state index is 11.2. The van der Waals surface area contributed by atoms with Crippen molar-refractivity contribution in [2.75, 3.05) is 13.1 Å². The maximum absolute atomic E-state index is 11.2. The number of carbonyl (C=O) groups excluding carboxylic acids is 1. The molecule has 8 nitrogen and oxygen atoms in total. The molecule has 0 spiro atoms. The molecule has 16 heavy (non-hydrogen) atoms. The summed E-state index contributed by atoms with van der Waals surface area (Å²) in [6.45, 7) is 2.67. The summed E-state index contributed by atoms with van der Waals surface area (Å²) in [4.78, 5) is 33.0. The van der Waals surface area contributed by atoms with Crippen molar-refractivity contribution in [3.8, 4) is 0 Å². The standard InChI is InChI=1S/C8H12N5O3/c1-2-9-8(16)10-3-4-13-5-11-12-6(14)7(13)15/h2-4H2,1H3,(H,12,14)(H2,9,10,16). The molecule has 0 bridgehead atoms. The quantitative estimate of drug-likeness (QED) is 0.518. The molecule has 0 aliphatic heterocycles. The van der Waals surface area contributed by atoms with Crippen LogP contribution in [0.2, 0.25) is 0 Å². The lowest BCUT2D eigenvalue weighted by Crippen LogP contribution is -2.41. The van der Waals surface area contributed by atoms with Crippen LogP contribution in [0.3, 0.4) is 0 Å². The zero-order valence-electron chi connectivity index (χ0n) is 8.74. The summed E-state index contributed by atoms with van der Waals surface area (Å²) in [6, 6.07) is -0.326. The Morgan fingerprint density at radius 2 is 2.25 bits per heavy atom. The van der Waals surface area contributed by atoms with Crippen LogP contribution < -0.4 is 21.8 Å². The highest BCUT2D eigenvalue weighted by molar-refractivity contribution is 5.73. The minimum Gasteiger partial charge on any atom is -0.338 e. The van der Waals surface area contributed by atoms with E-state index in [1.165, 1.54) is 0 Å². The topological polar surface area (TPSA) is 109 Å². The molecule has 0 aliphatic carbocycles. The van der Waals surface area contributed by atoms with Crippen molar-refractivity contribution < 1.29 is 4.79 Å². The van der Waals surface area contributed by atoms with Crippen molar-refractivity contribution in [2.24, 2.45) is 0 Å². The third-order valence-corrected chi connectivity index (χ3v) is 1.73. The second kappa shape index (κ2) is 5.69. The largest absolute Gasteiger partial charge is 0.338 e. The number of H-pyrrole nitrogens is 1. The van der Waals surface area contributed by atoms with E-state index in [1.54, 1.807) is 6.92 Å². The number of carbonyl (C=O) groups is 1. The van der Waals surface area contributed by atoms with Gasteiger partial charge in [-0.05, 0) is 6.92 Å². The Hall–Kier alpha value is -2.12. The lowest BCUT2D eigenvalue weighted by molar-refractivity contribution is 0.241. The van der Waals surface area contributed by atoms with Crippen molar-refractivity contribution in [2.45, 2.75) is 13.5 Å². The minimum absolute atomic E-state index is 0.146. The summed E-state index contributed by atoms with van der Waals surface area (Å²) in [5.41, 5.74) is -1.55. The van der Waals surface area contributed by atoms with Crippen LogP contribution in [0.1, 0.15) is 6.92 Å². The average Bonchev–Trinajstić information content (AvgIpc) is 2.25. The van der Waals surface area contributed by atoms with Crippen molar-refractivity contribution in [3.05, 3.63) is 27.0 Å². The predicted molar refractivity (Wildman–Crippen MR) is 55.0 cm³/mol. The highest BCUT2D eigenvalue weighted by Gasteiger charge is 2.01. The molecule has 0 saturated heterocycles. The first kappa shape index (κ1) is 12.0. The Balaban J connectivity index is 2.50. The third kappa shape index (κ3) is 3.23. The Labute approximate surface area is 90.7 Å². The molecule has 1 radical (unpaired) electrons. The molecule has 2 amide bonds. The molecule has 1 heterocycles. The van der Waals surface area contributed by atoms with E-state index >= 15 is 0 Å². The number of nitrogens with one attached hydrogen (secondary N) is 3. The number of aromatic amines is 1. The second-order valence-corrected chi connectivity index (χ2v) is 2.90. The van der Waals surface area contributed by atoms with E-state index in [9.17, 15) is 14.4 Å². The van der Waals surface area contributed by atoms with E-state index in [0.717, 1.165) is 4.57 Å². The van der Waals surface area contributed by atoms with Crippen molar-refractivity contribution in [1.82, 2.24) is 25.4 Å². The van der Waals surface area contributed by atoms with E-state index in [0.29, 0.717) is 6.54 Å². The Bertz CT molecular complexity index is 463. The minimum atomic E-state index is -0.809. The highest BCUT2D eigenvalue weighted by Crippen LogP contribution is 1.72. The zero-order chi connectivity index (χ0) is 12.0. The fraction of sp³-hybridized carbons (Fsp3) is 0.500. The van der Waals surface area contributed by atoms with Gasteiger partial charge in [0.15, 0.2) is 0 Å². The fourth-order valence-corrected chi connectivity index (χ4v) is 1.01. The van der Waals surface area contributed by atoms with Crippen LogP contribution in [-0.4, -0.2) is 33.9 Å². The van der Waals surface area contributed by atoms with Crippen LogP contribution in [0, 0.1) is 6.33 Å². The molecule has 8 heteroatoms. The summed E-state index contributed by atoms with van der Waals surface area (Å²) in [5.74, 6) is 0. The maximum Gasteiger partial charge on any atom is 0.330 e. The molecule has 1 rings (SSSR count). The molecule has 0 atom stereocenters. The highest BCUT2D eigenvalue weighted by atomic mass is 16.2. The van der Waals surface area contributed by atoms with Gasteiger partial charge in [-0.2, -0.15) is 5.10 Å². The van der Waals surface area contributed by atoms with Crippen LogP contribution in [0.25, 0.3) is 0 Å². The van der Waals surface area contributed by atoms with Gasteiger partial charge >= 0.3 is 17.1 Å². The van der Waals surface area contributed by atoms with Gasteiger partial charge in [-0.25, -0.2) is 9.89 Å². The molecule has 1 aromatic heterocycles. The zero-order valence-corrected chi connectivity index (χ0v) is 8.74. The first-order valence-corrected chi connectivity index (χ1v) is 4.74. The van der Waals surface area contributed by atoms with Gasteiger partial charge < -0.3 is 10.6 Å². The second-order valence-electron chi connectivity index (χ2n) is 2.90. The predicted octanol–water partition coefficient (Wildman–Crippen LogP) is -1.95. The number of aromatic nitrogens is 3. The van der Waals surface area contributed by atoms with Gasteiger partial charge in [-0.3, -0.25) is 14.2 Å².